The summed E-state index contributed by atoms with van der Waals surface area (Å²) in [6.07, 6.45) is -3.66. The van der Waals surface area contributed by atoms with E-state index in [9.17, 15) is 21.6 Å². The molecular weight excluding hydrogens is 395 g/mol. The molecule has 0 radical (unpaired) electrons. The lowest BCUT2D eigenvalue weighted by molar-refractivity contribution is -0.137. The molecule has 3 aliphatic rings. The van der Waals surface area contributed by atoms with E-state index < -0.39 is 32.1 Å². The molecule has 148 valence electrons. The maximum atomic E-state index is 13.3. The highest BCUT2D eigenvalue weighted by molar-refractivity contribution is 7.94. The van der Waals surface area contributed by atoms with E-state index in [4.69, 9.17) is 10.8 Å². The number of alkyl halides is 3. The van der Waals surface area contributed by atoms with Gasteiger partial charge in [0, 0.05) is 23.4 Å². The molecular formula is C17H16F3N5O2S. The van der Waals surface area contributed by atoms with Crippen molar-refractivity contribution in [2.24, 2.45) is 22.9 Å². The Kier molecular flexibility index (Phi) is 3.90. The minimum absolute atomic E-state index is 0.0423. The summed E-state index contributed by atoms with van der Waals surface area (Å²) in [5, 5.41) is 12.7. The zero-order valence-electron chi connectivity index (χ0n) is 14.8. The summed E-state index contributed by atoms with van der Waals surface area (Å²) in [6, 6.07) is 4.18. The van der Waals surface area contributed by atoms with Gasteiger partial charge in [-0.3, -0.25) is 4.31 Å². The Morgan fingerprint density at radius 1 is 1.39 bits per heavy atom. The summed E-state index contributed by atoms with van der Waals surface area (Å²) >= 11 is 0. The zero-order valence-corrected chi connectivity index (χ0v) is 15.6. The topological polar surface area (TPSA) is 110 Å². The Morgan fingerprint density at radius 3 is 2.71 bits per heavy atom. The van der Waals surface area contributed by atoms with Gasteiger partial charge in [-0.05, 0) is 55.3 Å². The Balaban J connectivity index is 1.78. The van der Waals surface area contributed by atoms with Crippen LogP contribution in [0.3, 0.4) is 0 Å². The van der Waals surface area contributed by atoms with Gasteiger partial charge in [0.1, 0.15) is 0 Å². The van der Waals surface area contributed by atoms with Gasteiger partial charge in [0.2, 0.25) is 10.0 Å². The van der Waals surface area contributed by atoms with Crippen LogP contribution >= 0.6 is 0 Å². The van der Waals surface area contributed by atoms with Crippen LogP contribution in [0.4, 0.5) is 18.9 Å². The highest BCUT2D eigenvalue weighted by Gasteiger charge is 2.70. The van der Waals surface area contributed by atoms with Crippen molar-refractivity contribution in [2.75, 3.05) is 10.8 Å². The number of fused-ring (bicyclic) bond motifs is 5. The quantitative estimate of drug-likeness (QED) is 0.419. The fourth-order valence-electron chi connectivity index (χ4n) is 5.37. The van der Waals surface area contributed by atoms with Crippen molar-refractivity contribution in [3.05, 3.63) is 39.8 Å². The normalized spacial score (nSPS) is 35.3. The monoisotopic (exact) mass is 411 g/mol. The lowest BCUT2D eigenvalue weighted by Gasteiger charge is -2.35. The molecule has 1 aromatic carbocycles. The molecule has 4 rings (SSSR count). The second kappa shape index (κ2) is 5.78. The first-order valence-electron chi connectivity index (χ1n) is 8.73. The summed E-state index contributed by atoms with van der Waals surface area (Å²) < 4.78 is 66.5. The van der Waals surface area contributed by atoms with Gasteiger partial charge < -0.3 is 0 Å². The molecule has 28 heavy (non-hydrogen) atoms. The summed E-state index contributed by atoms with van der Waals surface area (Å²) in [5.74, 6) is -0.628. The van der Waals surface area contributed by atoms with Crippen LogP contribution in [0.2, 0.25) is 0 Å². The molecule has 0 spiro atoms. The molecule has 3 fully saturated rings. The molecule has 0 amide bonds. The molecule has 2 bridgehead atoms. The van der Waals surface area contributed by atoms with Crippen molar-refractivity contribution >= 4 is 15.7 Å². The third-order valence-corrected chi connectivity index (χ3v) is 9.45. The first-order valence-corrected chi connectivity index (χ1v) is 10.2. The standard InChI is InChI=1S/C17H16F3N5O2S/c1-16-10-4-12(15(5-10)23-24-22)14(16)8-25(28(16,26)27)11-3-2-9(7-21)13(6-11)17(18,19)20/h2-3,6,10,12,14-15H,4-5,8H2,1H3/t10-,12+,14+,15-,16-/m1/s1. The van der Waals surface area contributed by atoms with Gasteiger partial charge >= 0.3 is 6.18 Å². The molecule has 0 N–H and O–H groups in total. The van der Waals surface area contributed by atoms with Crippen LogP contribution in [0.25, 0.3) is 10.4 Å². The van der Waals surface area contributed by atoms with Crippen molar-refractivity contribution < 1.29 is 21.6 Å². The molecule has 2 saturated carbocycles. The maximum absolute atomic E-state index is 13.3. The Morgan fingerprint density at radius 2 is 2.11 bits per heavy atom. The molecule has 1 aliphatic heterocycles. The lowest BCUT2D eigenvalue weighted by Crippen LogP contribution is -2.47. The number of nitriles is 1. The highest BCUT2D eigenvalue weighted by Crippen LogP contribution is 2.63. The minimum Gasteiger partial charge on any atom is -0.269 e. The van der Waals surface area contributed by atoms with Gasteiger partial charge in [-0.2, -0.15) is 18.4 Å². The van der Waals surface area contributed by atoms with E-state index in [0.29, 0.717) is 12.8 Å². The van der Waals surface area contributed by atoms with Crippen LogP contribution in [-0.2, 0) is 16.2 Å². The molecule has 11 heteroatoms. The van der Waals surface area contributed by atoms with Crippen molar-refractivity contribution in [3.63, 3.8) is 0 Å². The Hall–Kier alpha value is -2.44. The van der Waals surface area contributed by atoms with Crippen LogP contribution in [0, 0.1) is 29.1 Å². The van der Waals surface area contributed by atoms with E-state index in [1.54, 1.807) is 6.92 Å². The van der Waals surface area contributed by atoms with E-state index in [0.717, 1.165) is 16.4 Å². The number of rotatable bonds is 2. The van der Waals surface area contributed by atoms with E-state index in [1.165, 1.54) is 12.1 Å². The number of nitrogens with zero attached hydrogens (tertiary/aromatic N) is 5. The zero-order chi connectivity index (χ0) is 20.5. The second-order valence-corrected chi connectivity index (χ2v) is 10.0. The third-order valence-electron chi connectivity index (χ3n) is 6.77. The summed E-state index contributed by atoms with van der Waals surface area (Å²) in [7, 11) is -3.92. The van der Waals surface area contributed by atoms with Crippen LogP contribution in [0.5, 0.6) is 0 Å². The van der Waals surface area contributed by atoms with Gasteiger partial charge in [0.15, 0.2) is 0 Å². The number of halogens is 3. The Bertz CT molecular complexity index is 1040. The second-order valence-electron chi connectivity index (χ2n) is 7.77. The number of hydrogen-bond acceptors (Lipinski definition) is 4. The average molecular weight is 411 g/mol. The first-order chi connectivity index (χ1) is 13.1. The molecule has 0 unspecified atom stereocenters. The molecule has 0 aromatic heterocycles. The predicted molar refractivity (Wildman–Crippen MR) is 93.5 cm³/mol. The van der Waals surface area contributed by atoms with Crippen molar-refractivity contribution in [1.29, 1.82) is 5.26 Å². The smallest absolute Gasteiger partial charge is 0.269 e. The Labute approximate surface area is 159 Å². The van der Waals surface area contributed by atoms with Gasteiger partial charge in [0.05, 0.1) is 27.6 Å². The number of hydrogen-bond donors (Lipinski definition) is 0. The molecule has 5 atom stereocenters. The fourth-order valence-corrected chi connectivity index (χ4v) is 7.84. The first kappa shape index (κ1) is 18.9. The van der Waals surface area contributed by atoms with Crippen molar-refractivity contribution in [3.8, 4) is 6.07 Å². The largest absolute Gasteiger partial charge is 0.417 e. The van der Waals surface area contributed by atoms with Crippen molar-refractivity contribution in [2.45, 2.75) is 36.7 Å². The summed E-state index contributed by atoms with van der Waals surface area (Å²) in [4.78, 5) is 2.85. The number of azide groups is 1. The van der Waals surface area contributed by atoms with E-state index in [2.05, 4.69) is 10.0 Å². The lowest BCUT2D eigenvalue weighted by atomic mass is 9.77. The SMILES string of the molecule is C[C@@]12[C@@H]3C[C@H]([C@H](N=[N+]=[N-])C3)[C@@H]1CN(c1ccc(C#N)c(C(F)(F)F)c1)S2(=O)=O. The van der Waals surface area contributed by atoms with Gasteiger partial charge in [0.25, 0.3) is 0 Å². The number of anilines is 1. The molecule has 7 nitrogen and oxygen atoms in total. The van der Waals surface area contributed by atoms with E-state index in [1.807, 2.05) is 0 Å². The predicted octanol–water partition coefficient (Wildman–Crippen LogP) is 3.82. The number of benzene rings is 1. The fraction of sp³-hybridized carbons (Fsp3) is 0.588. The minimum atomic E-state index is -4.77. The van der Waals surface area contributed by atoms with E-state index >= 15 is 0 Å². The molecule has 1 aromatic rings. The maximum Gasteiger partial charge on any atom is 0.417 e. The van der Waals surface area contributed by atoms with Crippen LogP contribution < -0.4 is 4.31 Å². The third kappa shape index (κ3) is 2.28. The van der Waals surface area contributed by atoms with E-state index in [-0.39, 0.29) is 36.0 Å². The van der Waals surface area contributed by atoms with Crippen LogP contribution in [0.15, 0.2) is 23.3 Å². The molecule has 1 saturated heterocycles. The van der Waals surface area contributed by atoms with Crippen LogP contribution in [-0.4, -0.2) is 25.8 Å². The van der Waals surface area contributed by atoms with Crippen molar-refractivity contribution in [1.82, 2.24) is 0 Å². The molecule has 1 heterocycles. The van der Waals surface area contributed by atoms with Gasteiger partial charge in [-0.1, -0.05) is 5.11 Å². The molecule has 2 aliphatic carbocycles. The van der Waals surface area contributed by atoms with Gasteiger partial charge in [-0.15, -0.1) is 0 Å². The van der Waals surface area contributed by atoms with Crippen LogP contribution in [0.1, 0.15) is 30.9 Å². The number of sulfonamides is 1. The van der Waals surface area contributed by atoms with Gasteiger partial charge in [-0.25, -0.2) is 8.42 Å². The highest BCUT2D eigenvalue weighted by atomic mass is 32.2. The summed E-state index contributed by atoms with van der Waals surface area (Å²) in [6.45, 7) is 1.69. The average Bonchev–Trinajstić information content (AvgIpc) is 3.22. The summed E-state index contributed by atoms with van der Waals surface area (Å²) in [5.41, 5.74) is 6.94.